The van der Waals surface area contributed by atoms with Gasteiger partial charge >= 0.3 is 5.97 Å². The minimum Gasteiger partial charge on any atom is -0.478 e. The lowest BCUT2D eigenvalue weighted by Crippen LogP contribution is -2.39. The maximum absolute atomic E-state index is 12.0. The molecule has 1 aromatic carbocycles. The summed E-state index contributed by atoms with van der Waals surface area (Å²) >= 11 is 0. The Hall–Kier alpha value is -1.44. The van der Waals surface area contributed by atoms with Crippen molar-refractivity contribution < 1.29 is 23.1 Å². The Morgan fingerprint density at radius 2 is 1.85 bits per heavy atom. The van der Waals surface area contributed by atoms with E-state index in [-0.39, 0.29) is 17.4 Å². The summed E-state index contributed by atoms with van der Waals surface area (Å²) in [6, 6.07) is 5.77. The molecule has 0 aliphatic carbocycles. The Labute approximate surface area is 117 Å². The molecular formula is C13H17NO5S. The van der Waals surface area contributed by atoms with Crippen LogP contribution in [-0.2, 0) is 20.5 Å². The number of aromatic carboxylic acids is 1. The molecule has 1 heterocycles. The van der Waals surface area contributed by atoms with E-state index < -0.39 is 16.0 Å². The highest BCUT2D eigenvalue weighted by atomic mass is 32.2. The molecule has 20 heavy (non-hydrogen) atoms. The summed E-state index contributed by atoms with van der Waals surface area (Å²) in [7, 11) is -3.42. The fourth-order valence-corrected chi connectivity index (χ4v) is 3.53. The van der Waals surface area contributed by atoms with Crippen LogP contribution in [0, 0.1) is 0 Å². The van der Waals surface area contributed by atoms with Gasteiger partial charge in [0.25, 0.3) is 0 Å². The Morgan fingerprint density at radius 3 is 2.40 bits per heavy atom. The number of nitrogens with one attached hydrogen (secondary N) is 1. The Kier molecular flexibility index (Phi) is 4.74. The van der Waals surface area contributed by atoms with Crippen molar-refractivity contribution >= 4 is 16.0 Å². The molecule has 1 aromatic rings. The summed E-state index contributed by atoms with van der Waals surface area (Å²) < 4.78 is 31.9. The van der Waals surface area contributed by atoms with E-state index in [0.29, 0.717) is 31.6 Å². The third-order valence-electron chi connectivity index (χ3n) is 3.13. The second kappa shape index (κ2) is 6.34. The topological polar surface area (TPSA) is 92.7 Å². The van der Waals surface area contributed by atoms with E-state index >= 15 is 0 Å². The number of sulfonamides is 1. The second-order valence-electron chi connectivity index (χ2n) is 4.77. The molecule has 7 heteroatoms. The number of hydrogen-bond donors (Lipinski definition) is 2. The molecule has 2 rings (SSSR count). The van der Waals surface area contributed by atoms with E-state index in [4.69, 9.17) is 9.84 Å². The number of hydrogen-bond acceptors (Lipinski definition) is 4. The van der Waals surface area contributed by atoms with E-state index in [9.17, 15) is 13.2 Å². The zero-order valence-electron chi connectivity index (χ0n) is 10.9. The van der Waals surface area contributed by atoms with Crippen LogP contribution in [0.2, 0.25) is 0 Å². The van der Waals surface area contributed by atoms with Gasteiger partial charge in [-0.2, -0.15) is 0 Å². The smallest absolute Gasteiger partial charge is 0.335 e. The maximum atomic E-state index is 12.0. The van der Waals surface area contributed by atoms with E-state index in [1.807, 2.05) is 0 Å². The van der Waals surface area contributed by atoms with Crippen molar-refractivity contribution in [3.8, 4) is 0 Å². The van der Waals surface area contributed by atoms with Gasteiger partial charge in [0.15, 0.2) is 0 Å². The first kappa shape index (κ1) is 15.0. The van der Waals surface area contributed by atoms with Crippen LogP contribution in [0.15, 0.2) is 24.3 Å². The van der Waals surface area contributed by atoms with Gasteiger partial charge in [-0.05, 0) is 30.5 Å². The van der Waals surface area contributed by atoms with Gasteiger partial charge in [0, 0.05) is 19.3 Å². The van der Waals surface area contributed by atoms with Crippen molar-refractivity contribution in [3.05, 3.63) is 35.4 Å². The maximum Gasteiger partial charge on any atom is 0.335 e. The standard InChI is InChI=1S/C13H17NO5S/c15-13(16)11-3-1-10(2-4-11)9-20(17,18)14-12-5-7-19-8-6-12/h1-4,12,14H,5-9H2,(H,15,16). The zero-order valence-corrected chi connectivity index (χ0v) is 11.7. The van der Waals surface area contributed by atoms with Crippen LogP contribution in [0.5, 0.6) is 0 Å². The molecule has 0 unspecified atom stereocenters. The molecule has 0 amide bonds. The number of carbonyl (C=O) groups is 1. The molecule has 0 saturated carbocycles. The number of carboxylic acid groups (broad SMARTS) is 1. The fourth-order valence-electron chi connectivity index (χ4n) is 2.07. The SMILES string of the molecule is O=C(O)c1ccc(CS(=O)(=O)NC2CCOCC2)cc1. The van der Waals surface area contributed by atoms with E-state index in [1.54, 1.807) is 0 Å². The largest absolute Gasteiger partial charge is 0.478 e. The van der Waals surface area contributed by atoms with Crippen molar-refractivity contribution in [2.75, 3.05) is 13.2 Å². The number of ether oxygens (including phenoxy) is 1. The van der Waals surface area contributed by atoms with Gasteiger partial charge in [0.2, 0.25) is 10.0 Å². The summed E-state index contributed by atoms with van der Waals surface area (Å²) in [5.41, 5.74) is 0.707. The third-order valence-corrected chi connectivity index (χ3v) is 4.53. The van der Waals surface area contributed by atoms with Crippen molar-refractivity contribution in [3.63, 3.8) is 0 Å². The Bertz CT molecular complexity index is 561. The lowest BCUT2D eigenvalue weighted by atomic mass is 10.1. The van der Waals surface area contributed by atoms with Gasteiger partial charge in [-0.15, -0.1) is 0 Å². The van der Waals surface area contributed by atoms with Gasteiger partial charge in [0.05, 0.1) is 11.3 Å². The highest BCUT2D eigenvalue weighted by Gasteiger charge is 2.20. The van der Waals surface area contributed by atoms with Crippen LogP contribution in [0.4, 0.5) is 0 Å². The zero-order chi connectivity index (χ0) is 14.6. The van der Waals surface area contributed by atoms with Crippen LogP contribution in [0.25, 0.3) is 0 Å². The van der Waals surface area contributed by atoms with Crippen LogP contribution in [0.1, 0.15) is 28.8 Å². The predicted octanol–water partition coefficient (Wildman–Crippen LogP) is 0.983. The molecule has 6 nitrogen and oxygen atoms in total. The van der Waals surface area contributed by atoms with Gasteiger partial charge in [-0.1, -0.05) is 12.1 Å². The van der Waals surface area contributed by atoms with Gasteiger partial charge < -0.3 is 9.84 Å². The first-order chi connectivity index (χ1) is 9.46. The molecule has 0 aromatic heterocycles. The van der Waals surface area contributed by atoms with Crippen molar-refractivity contribution in [2.24, 2.45) is 0 Å². The van der Waals surface area contributed by atoms with Crippen LogP contribution in [0.3, 0.4) is 0 Å². The molecule has 0 bridgehead atoms. The minimum atomic E-state index is -3.42. The van der Waals surface area contributed by atoms with Crippen LogP contribution in [-0.4, -0.2) is 38.7 Å². The first-order valence-corrected chi connectivity index (χ1v) is 8.01. The van der Waals surface area contributed by atoms with Crippen LogP contribution >= 0.6 is 0 Å². The third kappa shape index (κ3) is 4.29. The summed E-state index contributed by atoms with van der Waals surface area (Å²) in [4.78, 5) is 10.7. The predicted molar refractivity (Wildman–Crippen MR) is 73.0 cm³/mol. The van der Waals surface area contributed by atoms with Crippen molar-refractivity contribution in [1.29, 1.82) is 0 Å². The molecule has 0 spiro atoms. The number of benzene rings is 1. The van der Waals surface area contributed by atoms with Gasteiger partial charge in [-0.25, -0.2) is 17.9 Å². The minimum absolute atomic E-state index is 0.0768. The summed E-state index contributed by atoms with van der Waals surface area (Å²) in [6.45, 7) is 1.14. The lowest BCUT2D eigenvalue weighted by Gasteiger charge is -2.22. The van der Waals surface area contributed by atoms with E-state index in [2.05, 4.69) is 4.72 Å². The Morgan fingerprint density at radius 1 is 1.25 bits per heavy atom. The summed E-state index contributed by atoms with van der Waals surface area (Å²) in [5.74, 6) is -1.18. The highest BCUT2D eigenvalue weighted by molar-refractivity contribution is 7.88. The normalized spacial score (nSPS) is 17.0. The number of carboxylic acids is 1. The highest BCUT2D eigenvalue weighted by Crippen LogP contribution is 2.11. The Balaban J connectivity index is 1.98. The molecule has 2 N–H and O–H groups in total. The molecule has 1 saturated heterocycles. The molecule has 0 atom stereocenters. The quantitative estimate of drug-likeness (QED) is 0.845. The molecule has 1 aliphatic heterocycles. The molecule has 0 radical (unpaired) electrons. The van der Waals surface area contributed by atoms with E-state index in [1.165, 1.54) is 24.3 Å². The van der Waals surface area contributed by atoms with Crippen molar-refractivity contribution in [1.82, 2.24) is 4.72 Å². The molecular weight excluding hydrogens is 282 g/mol. The summed E-state index contributed by atoms with van der Waals surface area (Å²) in [6.07, 6.45) is 1.36. The second-order valence-corrected chi connectivity index (χ2v) is 6.52. The lowest BCUT2D eigenvalue weighted by molar-refractivity contribution is 0.0696. The fraction of sp³-hybridized carbons (Fsp3) is 0.462. The molecule has 110 valence electrons. The molecule has 1 aliphatic rings. The van der Waals surface area contributed by atoms with Gasteiger partial charge in [-0.3, -0.25) is 0 Å². The number of rotatable bonds is 5. The molecule has 1 fully saturated rings. The van der Waals surface area contributed by atoms with Gasteiger partial charge in [0.1, 0.15) is 0 Å². The first-order valence-electron chi connectivity index (χ1n) is 6.36. The monoisotopic (exact) mass is 299 g/mol. The average Bonchev–Trinajstić information content (AvgIpc) is 2.39. The van der Waals surface area contributed by atoms with Crippen molar-refractivity contribution in [2.45, 2.75) is 24.6 Å². The van der Waals surface area contributed by atoms with Crippen LogP contribution < -0.4 is 4.72 Å². The van der Waals surface area contributed by atoms with E-state index in [0.717, 1.165) is 0 Å². The summed E-state index contributed by atoms with van der Waals surface area (Å²) in [5, 5.41) is 8.78. The average molecular weight is 299 g/mol.